The van der Waals surface area contributed by atoms with Gasteiger partial charge in [0, 0.05) is 24.5 Å². The minimum absolute atomic E-state index is 0.194. The number of piperidine rings is 1. The highest BCUT2D eigenvalue weighted by Gasteiger charge is 2.16. The van der Waals surface area contributed by atoms with Gasteiger partial charge in [-0.05, 0) is 65.4 Å². The molecule has 2 aromatic rings. The summed E-state index contributed by atoms with van der Waals surface area (Å²) in [5, 5.41) is 6.56. The summed E-state index contributed by atoms with van der Waals surface area (Å²) < 4.78 is 5.02. The molecule has 2 heterocycles. The van der Waals surface area contributed by atoms with Gasteiger partial charge in [-0.15, -0.1) is 0 Å². The first-order valence-corrected chi connectivity index (χ1v) is 9.86. The topological polar surface area (TPSA) is 58.6 Å². The Morgan fingerprint density at radius 3 is 2.58 bits per heavy atom. The van der Waals surface area contributed by atoms with E-state index < -0.39 is 5.97 Å². The molecule has 1 aliphatic heterocycles. The van der Waals surface area contributed by atoms with E-state index in [4.69, 9.17) is 4.74 Å². The number of hydrogen-bond donors (Lipinski definition) is 1. The Hall–Kier alpha value is -2.34. The van der Waals surface area contributed by atoms with Crippen LogP contribution in [0.25, 0.3) is 0 Å². The van der Waals surface area contributed by atoms with Gasteiger partial charge in [-0.3, -0.25) is 9.59 Å². The third kappa shape index (κ3) is 5.33. The Balaban J connectivity index is 1.43. The molecule has 1 N–H and O–H groups in total. The van der Waals surface area contributed by atoms with Crippen molar-refractivity contribution < 1.29 is 14.3 Å². The highest BCUT2D eigenvalue weighted by Crippen LogP contribution is 2.24. The van der Waals surface area contributed by atoms with Crippen LogP contribution in [0.1, 0.15) is 25.3 Å². The third-order valence-corrected chi connectivity index (χ3v) is 5.32. The number of nitrogens with zero attached hydrogens (tertiary/aromatic N) is 1. The molecule has 0 bridgehead atoms. The first kappa shape index (κ1) is 18.5. The first-order chi connectivity index (χ1) is 12.6. The summed E-state index contributed by atoms with van der Waals surface area (Å²) in [7, 11) is 0. The molecule has 26 heavy (non-hydrogen) atoms. The van der Waals surface area contributed by atoms with Crippen LogP contribution >= 0.6 is 11.3 Å². The molecule has 0 unspecified atom stereocenters. The van der Waals surface area contributed by atoms with Crippen LogP contribution in [0.2, 0.25) is 0 Å². The average Bonchev–Trinajstić information content (AvgIpc) is 3.14. The van der Waals surface area contributed by atoms with Crippen molar-refractivity contribution in [2.45, 2.75) is 26.2 Å². The van der Waals surface area contributed by atoms with Gasteiger partial charge in [0.1, 0.15) is 0 Å². The second kappa shape index (κ2) is 8.85. The van der Waals surface area contributed by atoms with Crippen molar-refractivity contribution in [3.8, 4) is 0 Å². The molecule has 1 aromatic heterocycles. The Bertz CT molecular complexity index is 720. The SMILES string of the molecule is CC1CCN(c2ccc(NC(=O)COC(=O)Cc3ccsc3)cc2)CC1. The molecule has 0 saturated carbocycles. The Morgan fingerprint density at radius 1 is 1.19 bits per heavy atom. The number of rotatable bonds is 6. The van der Waals surface area contributed by atoms with E-state index in [0.717, 1.165) is 24.6 Å². The number of carbonyl (C=O) groups is 2. The zero-order valence-electron chi connectivity index (χ0n) is 14.9. The van der Waals surface area contributed by atoms with E-state index in [9.17, 15) is 9.59 Å². The molecule has 0 atom stereocenters. The molecular formula is C20H24N2O3S. The molecule has 1 amide bonds. The van der Waals surface area contributed by atoms with Gasteiger partial charge in [0.05, 0.1) is 6.42 Å². The van der Waals surface area contributed by atoms with Gasteiger partial charge in [0.15, 0.2) is 6.61 Å². The fourth-order valence-corrected chi connectivity index (χ4v) is 3.65. The molecule has 0 radical (unpaired) electrons. The number of thiophene rings is 1. The van der Waals surface area contributed by atoms with Gasteiger partial charge in [-0.1, -0.05) is 6.92 Å². The Morgan fingerprint density at radius 2 is 1.92 bits per heavy atom. The van der Waals surface area contributed by atoms with Gasteiger partial charge in [-0.25, -0.2) is 0 Å². The molecule has 5 nitrogen and oxygen atoms in total. The van der Waals surface area contributed by atoms with Crippen LogP contribution in [-0.4, -0.2) is 31.6 Å². The quantitative estimate of drug-likeness (QED) is 0.786. The van der Waals surface area contributed by atoms with Gasteiger partial charge < -0.3 is 15.0 Å². The summed E-state index contributed by atoms with van der Waals surface area (Å²) in [5.41, 5.74) is 2.79. The smallest absolute Gasteiger partial charge is 0.310 e. The monoisotopic (exact) mass is 372 g/mol. The summed E-state index contributed by atoms with van der Waals surface area (Å²) in [6.07, 6.45) is 2.63. The van der Waals surface area contributed by atoms with Crippen LogP contribution in [0.4, 0.5) is 11.4 Å². The highest BCUT2D eigenvalue weighted by atomic mass is 32.1. The maximum absolute atomic E-state index is 11.9. The zero-order valence-corrected chi connectivity index (χ0v) is 15.8. The van der Waals surface area contributed by atoms with Gasteiger partial charge in [0.2, 0.25) is 0 Å². The minimum Gasteiger partial charge on any atom is -0.455 e. The maximum atomic E-state index is 11.9. The van der Waals surface area contributed by atoms with Crippen LogP contribution < -0.4 is 10.2 Å². The Kier molecular flexibility index (Phi) is 6.28. The van der Waals surface area contributed by atoms with Crippen molar-refractivity contribution in [1.29, 1.82) is 0 Å². The molecule has 0 aliphatic carbocycles. The number of esters is 1. The minimum atomic E-state index is -0.395. The van der Waals surface area contributed by atoms with Crippen molar-refractivity contribution in [2.75, 3.05) is 29.9 Å². The van der Waals surface area contributed by atoms with E-state index in [1.807, 2.05) is 41.1 Å². The second-order valence-corrected chi connectivity index (χ2v) is 7.51. The predicted molar refractivity (Wildman–Crippen MR) is 105 cm³/mol. The van der Waals surface area contributed by atoms with E-state index in [1.165, 1.54) is 29.9 Å². The van der Waals surface area contributed by atoms with Crippen LogP contribution in [-0.2, 0) is 20.7 Å². The fourth-order valence-electron chi connectivity index (χ4n) is 2.98. The van der Waals surface area contributed by atoms with Crippen LogP contribution in [0.3, 0.4) is 0 Å². The third-order valence-electron chi connectivity index (χ3n) is 4.59. The number of hydrogen-bond acceptors (Lipinski definition) is 5. The maximum Gasteiger partial charge on any atom is 0.310 e. The molecular weight excluding hydrogens is 348 g/mol. The summed E-state index contributed by atoms with van der Waals surface area (Å²) in [6.45, 7) is 4.18. The number of benzene rings is 1. The van der Waals surface area contributed by atoms with Crippen molar-refractivity contribution in [3.63, 3.8) is 0 Å². The number of ether oxygens (including phenoxy) is 1. The van der Waals surface area contributed by atoms with E-state index in [1.54, 1.807) is 0 Å². The normalized spacial score (nSPS) is 14.9. The number of anilines is 2. The zero-order chi connectivity index (χ0) is 18.4. The summed E-state index contributed by atoms with van der Waals surface area (Å²) in [6, 6.07) is 9.69. The second-order valence-electron chi connectivity index (χ2n) is 6.73. The lowest BCUT2D eigenvalue weighted by Gasteiger charge is -2.32. The molecule has 3 rings (SSSR count). The Labute approximate surface area is 158 Å². The molecule has 1 saturated heterocycles. The van der Waals surface area contributed by atoms with Crippen molar-refractivity contribution in [3.05, 3.63) is 46.7 Å². The summed E-state index contributed by atoms with van der Waals surface area (Å²) >= 11 is 1.53. The van der Waals surface area contributed by atoms with Crippen molar-refractivity contribution >= 4 is 34.6 Å². The van der Waals surface area contributed by atoms with E-state index in [2.05, 4.69) is 17.1 Å². The van der Waals surface area contributed by atoms with Crippen molar-refractivity contribution in [1.82, 2.24) is 0 Å². The first-order valence-electron chi connectivity index (χ1n) is 8.92. The van der Waals surface area contributed by atoms with Gasteiger partial charge in [0.25, 0.3) is 5.91 Å². The van der Waals surface area contributed by atoms with Crippen LogP contribution in [0, 0.1) is 5.92 Å². The lowest BCUT2D eigenvalue weighted by atomic mass is 9.99. The molecule has 1 aliphatic rings. The molecule has 1 aromatic carbocycles. The summed E-state index contributed by atoms with van der Waals surface area (Å²) in [4.78, 5) is 26.0. The highest BCUT2D eigenvalue weighted by molar-refractivity contribution is 7.07. The molecule has 6 heteroatoms. The largest absolute Gasteiger partial charge is 0.455 e. The standard InChI is InChI=1S/C20H24N2O3S/c1-15-6-9-22(10-7-15)18-4-2-17(3-5-18)21-19(23)13-25-20(24)12-16-8-11-26-14-16/h2-5,8,11,14-15H,6-7,9-10,12-13H2,1H3,(H,21,23). The van der Waals surface area contributed by atoms with E-state index >= 15 is 0 Å². The summed E-state index contributed by atoms with van der Waals surface area (Å²) in [5.74, 6) is 0.0729. The molecule has 0 spiro atoms. The fraction of sp³-hybridized carbons (Fsp3) is 0.400. The number of nitrogens with one attached hydrogen (secondary N) is 1. The van der Waals surface area contributed by atoms with Crippen LogP contribution in [0.5, 0.6) is 0 Å². The lowest BCUT2D eigenvalue weighted by Crippen LogP contribution is -2.32. The predicted octanol–water partition coefficient (Wildman–Crippen LogP) is 3.71. The lowest BCUT2D eigenvalue weighted by molar-refractivity contribution is -0.146. The van der Waals surface area contributed by atoms with E-state index in [-0.39, 0.29) is 18.9 Å². The van der Waals surface area contributed by atoms with Gasteiger partial charge in [-0.2, -0.15) is 11.3 Å². The molecule has 1 fully saturated rings. The average molecular weight is 372 g/mol. The molecule has 138 valence electrons. The van der Waals surface area contributed by atoms with Gasteiger partial charge >= 0.3 is 5.97 Å². The number of carbonyl (C=O) groups excluding carboxylic acids is 2. The van der Waals surface area contributed by atoms with Crippen LogP contribution in [0.15, 0.2) is 41.1 Å². The van der Waals surface area contributed by atoms with E-state index in [0.29, 0.717) is 5.69 Å². The number of amides is 1. The van der Waals surface area contributed by atoms with Crippen molar-refractivity contribution in [2.24, 2.45) is 5.92 Å².